The van der Waals surface area contributed by atoms with Crippen molar-refractivity contribution in [2.24, 2.45) is 5.41 Å². The minimum atomic E-state index is -0.652. The van der Waals surface area contributed by atoms with E-state index in [2.05, 4.69) is 5.32 Å². The maximum atomic E-state index is 13.0. The monoisotopic (exact) mass is 384 g/mol. The lowest BCUT2D eigenvalue weighted by atomic mass is 9.80. The van der Waals surface area contributed by atoms with Gasteiger partial charge in [0.05, 0.1) is 12.5 Å². The van der Waals surface area contributed by atoms with Crippen LogP contribution in [0, 0.1) is 11.2 Å². The highest BCUT2D eigenvalue weighted by Crippen LogP contribution is 2.31. The van der Waals surface area contributed by atoms with Gasteiger partial charge in [0.2, 0.25) is 5.91 Å². The van der Waals surface area contributed by atoms with Crippen LogP contribution in [0.25, 0.3) is 0 Å². The van der Waals surface area contributed by atoms with Crippen LogP contribution < -0.4 is 10.1 Å². The van der Waals surface area contributed by atoms with Crippen molar-refractivity contribution in [2.45, 2.75) is 26.3 Å². The third kappa shape index (κ3) is 4.50. The van der Waals surface area contributed by atoms with Gasteiger partial charge >= 0.3 is 0 Å². The summed E-state index contributed by atoms with van der Waals surface area (Å²) in [6.45, 7) is 3.22. The van der Waals surface area contributed by atoms with Gasteiger partial charge in [-0.3, -0.25) is 9.59 Å². The Hall–Kier alpha value is -2.89. The van der Waals surface area contributed by atoms with Gasteiger partial charge < -0.3 is 15.0 Å². The average molecular weight is 384 g/mol. The van der Waals surface area contributed by atoms with Crippen LogP contribution in [0.1, 0.15) is 35.7 Å². The number of methoxy groups -OCH3 is 1. The second kappa shape index (κ2) is 8.42. The Morgan fingerprint density at radius 3 is 2.46 bits per heavy atom. The van der Waals surface area contributed by atoms with Gasteiger partial charge in [-0.2, -0.15) is 0 Å². The van der Waals surface area contributed by atoms with Crippen molar-refractivity contribution in [1.82, 2.24) is 10.2 Å². The highest BCUT2D eigenvalue weighted by atomic mass is 19.1. The number of hydrogen-bond donors (Lipinski definition) is 1. The fraction of sp³-hybridized carbons (Fsp3) is 0.364. The first-order valence-corrected chi connectivity index (χ1v) is 9.37. The van der Waals surface area contributed by atoms with Gasteiger partial charge in [0.15, 0.2) is 0 Å². The van der Waals surface area contributed by atoms with Gasteiger partial charge in [0.1, 0.15) is 11.6 Å². The number of halogens is 1. The topological polar surface area (TPSA) is 58.6 Å². The molecule has 2 aromatic rings. The smallest absolute Gasteiger partial charge is 0.253 e. The van der Waals surface area contributed by atoms with Crippen LogP contribution >= 0.6 is 0 Å². The fourth-order valence-electron chi connectivity index (χ4n) is 3.51. The summed E-state index contributed by atoms with van der Waals surface area (Å²) in [5.41, 5.74) is 0.762. The molecule has 0 spiro atoms. The molecule has 2 aromatic carbocycles. The molecule has 1 aliphatic rings. The SMILES string of the molecule is COc1ccc(C(=O)N2CCC[C@](C)(C(=O)NCc3ccc(F)cc3)C2)cc1. The van der Waals surface area contributed by atoms with Gasteiger partial charge in [-0.15, -0.1) is 0 Å². The lowest BCUT2D eigenvalue weighted by molar-refractivity contribution is -0.132. The van der Waals surface area contributed by atoms with E-state index in [0.29, 0.717) is 37.4 Å². The number of hydrogen-bond acceptors (Lipinski definition) is 3. The van der Waals surface area contributed by atoms with E-state index in [9.17, 15) is 14.0 Å². The summed E-state index contributed by atoms with van der Waals surface area (Å²) in [6, 6.07) is 13.0. The summed E-state index contributed by atoms with van der Waals surface area (Å²) in [4.78, 5) is 27.4. The number of nitrogens with one attached hydrogen (secondary N) is 1. The molecule has 148 valence electrons. The van der Waals surface area contributed by atoms with E-state index in [1.165, 1.54) is 12.1 Å². The molecule has 0 saturated carbocycles. The standard InChI is InChI=1S/C22H25FN2O3/c1-22(21(27)24-14-16-4-8-18(23)9-5-16)12-3-13-25(15-22)20(26)17-6-10-19(28-2)11-7-17/h4-11H,3,12-15H2,1-2H3,(H,24,27)/t22-/m0/s1. The Morgan fingerprint density at radius 1 is 1.14 bits per heavy atom. The summed E-state index contributed by atoms with van der Waals surface area (Å²) in [7, 11) is 1.58. The lowest BCUT2D eigenvalue weighted by Gasteiger charge is -2.39. The van der Waals surface area contributed by atoms with Crippen molar-refractivity contribution >= 4 is 11.8 Å². The predicted octanol–water partition coefficient (Wildman–Crippen LogP) is 3.39. The van der Waals surface area contributed by atoms with Crippen molar-refractivity contribution in [3.63, 3.8) is 0 Å². The molecule has 1 saturated heterocycles. The third-order valence-electron chi connectivity index (χ3n) is 5.24. The van der Waals surface area contributed by atoms with Crippen molar-refractivity contribution in [3.8, 4) is 5.75 Å². The Labute approximate surface area is 164 Å². The van der Waals surface area contributed by atoms with Crippen molar-refractivity contribution in [2.75, 3.05) is 20.2 Å². The van der Waals surface area contributed by atoms with Gasteiger partial charge in [-0.1, -0.05) is 12.1 Å². The summed E-state index contributed by atoms with van der Waals surface area (Å²) >= 11 is 0. The predicted molar refractivity (Wildman–Crippen MR) is 104 cm³/mol. The second-order valence-electron chi connectivity index (χ2n) is 7.43. The molecule has 1 N–H and O–H groups in total. The van der Waals surface area contributed by atoms with Gasteiger partial charge in [-0.05, 0) is 61.7 Å². The molecule has 1 aliphatic heterocycles. The summed E-state index contributed by atoms with van der Waals surface area (Å²) in [6.07, 6.45) is 1.48. The number of piperidine rings is 1. The van der Waals surface area contributed by atoms with E-state index in [1.807, 2.05) is 6.92 Å². The largest absolute Gasteiger partial charge is 0.497 e. The minimum absolute atomic E-state index is 0.0834. The van der Waals surface area contributed by atoms with E-state index in [-0.39, 0.29) is 17.6 Å². The molecule has 28 heavy (non-hydrogen) atoms. The van der Waals surface area contributed by atoms with Crippen LogP contribution in [0.4, 0.5) is 4.39 Å². The molecule has 3 rings (SSSR count). The molecule has 1 heterocycles. The van der Waals surface area contributed by atoms with Crippen molar-refractivity contribution in [3.05, 3.63) is 65.5 Å². The molecule has 5 nitrogen and oxygen atoms in total. The van der Waals surface area contributed by atoms with Crippen molar-refractivity contribution in [1.29, 1.82) is 0 Å². The summed E-state index contributed by atoms with van der Waals surface area (Å²) in [5, 5.41) is 2.93. The first-order chi connectivity index (χ1) is 13.4. The van der Waals surface area contributed by atoms with Crippen molar-refractivity contribution < 1.29 is 18.7 Å². The normalized spacial score (nSPS) is 19.2. The highest BCUT2D eigenvalue weighted by molar-refractivity contribution is 5.95. The zero-order chi connectivity index (χ0) is 20.1. The van der Waals surface area contributed by atoms with Crippen LogP contribution in [0.2, 0.25) is 0 Å². The van der Waals surface area contributed by atoms with E-state index in [0.717, 1.165) is 12.0 Å². The van der Waals surface area contributed by atoms with Crippen LogP contribution in [-0.4, -0.2) is 36.9 Å². The molecule has 1 atom stereocenters. The number of nitrogens with zero attached hydrogens (tertiary/aromatic N) is 1. The zero-order valence-corrected chi connectivity index (χ0v) is 16.2. The molecule has 0 radical (unpaired) electrons. The van der Waals surface area contributed by atoms with Crippen LogP contribution in [0.3, 0.4) is 0 Å². The third-order valence-corrected chi connectivity index (χ3v) is 5.24. The quantitative estimate of drug-likeness (QED) is 0.860. The Morgan fingerprint density at radius 2 is 1.82 bits per heavy atom. The second-order valence-corrected chi connectivity index (χ2v) is 7.43. The molecule has 2 amide bonds. The number of carbonyl (C=O) groups excluding carboxylic acids is 2. The zero-order valence-electron chi connectivity index (χ0n) is 16.2. The number of benzene rings is 2. The summed E-state index contributed by atoms with van der Waals surface area (Å²) < 4.78 is 18.1. The molecule has 0 bridgehead atoms. The molecule has 0 aliphatic carbocycles. The van der Waals surface area contributed by atoms with E-state index in [4.69, 9.17) is 4.74 Å². The number of carbonyl (C=O) groups is 2. The first kappa shape index (κ1) is 19.9. The fourth-order valence-corrected chi connectivity index (χ4v) is 3.51. The van der Waals surface area contributed by atoms with E-state index >= 15 is 0 Å². The van der Waals surface area contributed by atoms with Gasteiger partial charge in [0, 0.05) is 25.2 Å². The van der Waals surface area contributed by atoms with E-state index < -0.39 is 5.41 Å². The average Bonchev–Trinajstić information content (AvgIpc) is 2.72. The summed E-state index contributed by atoms with van der Waals surface area (Å²) in [5.74, 6) is 0.214. The first-order valence-electron chi connectivity index (χ1n) is 9.37. The molecular weight excluding hydrogens is 359 g/mol. The Kier molecular flexibility index (Phi) is 5.97. The maximum absolute atomic E-state index is 13.0. The number of rotatable bonds is 5. The molecule has 1 fully saturated rings. The molecule has 0 unspecified atom stereocenters. The molecular formula is C22H25FN2O3. The van der Waals surface area contributed by atoms with Crippen LogP contribution in [-0.2, 0) is 11.3 Å². The van der Waals surface area contributed by atoms with E-state index in [1.54, 1.807) is 48.4 Å². The van der Waals surface area contributed by atoms with Gasteiger partial charge in [0.25, 0.3) is 5.91 Å². The van der Waals surface area contributed by atoms with Gasteiger partial charge in [-0.25, -0.2) is 4.39 Å². The molecule has 6 heteroatoms. The number of ether oxygens (including phenoxy) is 1. The number of amides is 2. The Balaban J connectivity index is 1.63. The highest BCUT2D eigenvalue weighted by Gasteiger charge is 2.39. The minimum Gasteiger partial charge on any atom is -0.497 e. The maximum Gasteiger partial charge on any atom is 0.253 e. The van der Waals surface area contributed by atoms with Crippen LogP contribution in [0.5, 0.6) is 5.75 Å². The van der Waals surface area contributed by atoms with Crippen LogP contribution in [0.15, 0.2) is 48.5 Å². The lowest BCUT2D eigenvalue weighted by Crippen LogP contribution is -2.51. The number of likely N-dealkylation sites (tertiary alicyclic amines) is 1. The molecule has 0 aromatic heterocycles. The Bertz CT molecular complexity index is 836.